The highest BCUT2D eigenvalue weighted by atomic mass is 35.5. The molecule has 94 valence electrons. The van der Waals surface area contributed by atoms with E-state index in [-0.39, 0.29) is 5.69 Å². The van der Waals surface area contributed by atoms with Gasteiger partial charge >= 0.3 is 0 Å². The van der Waals surface area contributed by atoms with Gasteiger partial charge in [0, 0.05) is 18.2 Å². The van der Waals surface area contributed by atoms with Crippen molar-refractivity contribution < 1.29 is 4.92 Å². The quantitative estimate of drug-likeness (QED) is 0.638. The van der Waals surface area contributed by atoms with Gasteiger partial charge in [-0.1, -0.05) is 32.4 Å². The summed E-state index contributed by atoms with van der Waals surface area (Å²) in [4.78, 5) is 10.1. The molecule has 0 amide bonds. The van der Waals surface area contributed by atoms with E-state index >= 15 is 0 Å². The maximum atomic E-state index is 10.6. The summed E-state index contributed by atoms with van der Waals surface area (Å²) in [6.07, 6.45) is 0.977. The number of nitrogens with zero attached hydrogens (tertiary/aromatic N) is 1. The molecule has 0 aliphatic rings. The van der Waals surface area contributed by atoms with Crippen LogP contribution in [0.2, 0.25) is 5.02 Å². The van der Waals surface area contributed by atoms with Gasteiger partial charge in [0.2, 0.25) is 0 Å². The lowest BCUT2D eigenvalue weighted by molar-refractivity contribution is -0.384. The smallest absolute Gasteiger partial charge is 0.271 e. The lowest BCUT2D eigenvalue weighted by Gasteiger charge is -2.22. The second-order valence-electron chi connectivity index (χ2n) is 4.32. The van der Waals surface area contributed by atoms with Crippen LogP contribution in [-0.4, -0.2) is 11.0 Å². The molecule has 5 heteroatoms. The zero-order valence-electron chi connectivity index (χ0n) is 10.2. The number of hydrogen-bond donors (Lipinski definition) is 1. The fourth-order valence-electron chi connectivity index (χ4n) is 1.67. The minimum atomic E-state index is -0.449. The normalized spacial score (nSPS) is 12.5. The van der Waals surface area contributed by atoms with Crippen LogP contribution in [0.4, 0.5) is 11.4 Å². The summed E-state index contributed by atoms with van der Waals surface area (Å²) < 4.78 is 0. The largest absolute Gasteiger partial charge is 0.381 e. The van der Waals surface area contributed by atoms with Gasteiger partial charge in [0.05, 0.1) is 15.6 Å². The van der Waals surface area contributed by atoms with Crippen LogP contribution in [0, 0.1) is 16.0 Å². The van der Waals surface area contributed by atoms with Gasteiger partial charge in [-0.3, -0.25) is 10.1 Å². The van der Waals surface area contributed by atoms with E-state index in [4.69, 9.17) is 11.6 Å². The van der Waals surface area contributed by atoms with E-state index in [1.807, 2.05) is 0 Å². The third-order valence-corrected chi connectivity index (χ3v) is 3.06. The summed E-state index contributed by atoms with van der Waals surface area (Å²) in [6.45, 7) is 6.35. The third-order valence-electron chi connectivity index (χ3n) is 2.75. The Kier molecular flexibility index (Phi) is 4.75. The van der Waals surface area contributed by atoms with Gasteiger partial charge in [0.15, 0.2) is 0 Å². The van der Waals surface area contributed by atoms with Gasteiger partial charge < -0.3 is 5.32 Å². The van der Waals surface area contributed by atoms with E-state index in [9.17, 15) is 10.1 Å². The number of nitro groups is 1. The van der Waals surface area contributed by atoms with E-state index in [1.54, 1.807) is 6.07 Å². The third kappa shape index (κ3) is 3.60. The lowest BCUT2D eigenvalue weighted by atomic mass is 10.0. The molecular formula is C12H17ClN2O2. The Bertz CT molecular complexity index is 407. The van der Waals surface area contributed by atoms with E-state index in [0.29, 0.717) is 17.0 Å². The molecule has 4 nitrogen and oxygen atoms in total. The standard InChI is InChI=1S/C12H17ClN2O2/c1-4-11(8(2)3)14-12-6-5-9(15(16)17)7-10(12)13/h5-8,11,14H,4H2,1-3H3. The van der Waals surface area contributed by atoms with Crippen LogP contribution >= 0.6 is 11.6 Å². The van der Waals surface area contributed by atoms with E-state index in [0.717, 1.165) is 12.1 Å². The van der Waals surface area contributed by atoms with Crippen LogP contribution in [0.3, 0.4) is 0 Å². The van der Waals surface area contributed by atoms with Crippen molar-refractivity contribution >= 4 is 23.0 Å². The summed E-state index contributed by atoms with van der Waals surface area (Å²) >= 11 is 6.01. The Balaban J connectivity index is 2.89. The molecule has 0 radical (unpaired) electrons. The van der Waals surface area contributed by atoms with Gasteiger partial charge in [0.1, 0.15) is 0 Å². The molecule has 0 aliphatic heterocycles. The fourth-order valence-corrected chi connectivity index (χ4v) is 1.90. The first kappa shape index (κ1) is 13.8. The average molecular weight is 257 g/mol. The van der Waals surface area contributed by atoms with Gasteiger partial charge in [-0.2, -0.15) is 0 Å². The van der Waals surface area contributed by atoms with Crippen LogP contribution < -0.4 is 5.32 Å². The minimum absolute atomic E-state index is 0.0122. The van der Waals surface area contributed by atoms with Gasteiger partial charge in [-0.05, 0) is 18.4 Å². The maximum Gasteiger partial charge on any atom is 0.271 e. The Morgan fingerprint density at radius 1 is 1.47 bits per heavy atom. The minimum Gasteiger partial charge on any atom is -0.381 e. The maximum absolute atomic E-state index is 10.6. The van der Waals surface area contributed by atoms with Crippen molar-refractivity contribution in [3.63, 3.8) is 0 Å². The number of anilines is 1. The second kappa shape index (κ2) is 5.87. The lowest BCUT2D eigenvalue weighted by Crippen LogP contribution is -2.24. The molecular weight excluding hydrogens is 240 g/mol. The zero-order chi connectivity index (χ0) is 13.0. The molecule has 17 heavy (non-hydrogen) atoms. The summed E-state index contributed by atoms with van der Waals surface area (Å²) in [5, 5.41) is 14.3. The molecule has 0 saturated carbocycles. The van der Waals surface area contributed by atoms with Crippen LogP contribution in [0.15, 0.2) is 18.2 Å². The van der Waals surface area contributed by atoms with E-state index in [1.165, 1.54) is 12.1 Å². The molecule has 0 heterocycles. The van der Waals surface area contributed by atoms with Crippen molar-refractivity contribution in [2.45, 2.75) is 33.2 Å². The summed E-state index contributed by atoms with van der Waals surface area (Å²) in [7, 11) is 0. The molecule has 1 rings (SSSR count). The highest BCUT2D eigenvalue weighted by Gasteiger charge is 2.14. The molecule has 1 N–H and O–H groups in total. The van der Waals surface area contributed by atoms with Crippen LogP contribution in [0.5, 0.6) is 0 Å². The molecule has 1 aromatic carbocycles. The Morgan fingerprint density at radius 2 is 2.12 bits per heavy atom. The Labute approximate surface area is 106 Å². The predicted octanol–water partition coefficient (Wildman–Crippen LogP) is 4.09. The number of hydrogen-bond acceptors (Lipinski definition) is 3. The molecule has 0 aliphatic carbocycles. The fraction of sp³-hybridized carbons (Fsp3) is 0.500. The number of rotatable bonds is 5. The van der Waals surface area contributed by atoms with Crippen molar-refractivity contribution in [3.8, 4) is 0 Å². The SMILES string of the molecule is CCC(Nc1ccc([N+](=O)[O-])cc1Cl)C(C)C. The zero-order valence-corrected chi connectivity index (χ0v) is 11.0. The Morgan fingerprint density at radius 3 is 2.53 bits per heavy atom. The second-order valence-corrected chi connectivity index (χ2v) is 4.73. The summed E-state index contributed by atoms with van der Waals surface area (Å²) in [5.74, 6) is 0.478. The Hall–Kier alpha value is -1.29. The molecule has 0 bridgehead atoms. The van der Waals surface area contributed by atoms with Gasteiger partial charge in [-0.25, -0.2) is 0 Å². The molecule has 1 aromatic rings. The number of halogens is 1. The van der Waals surface area contributed by atoms with Gasteiger partial charge in [-0.15, -0.1) is 0 Å². The topological polar surface area (TPSA) is 55.2 Å². The average Bonchev–Trinajstić information content (AvgIpc) is 2.26. The van der Waals surface area contributed by atoms with Crippen molar-refractivity contribution in [1.29, 1.82) is 0 Å². The number of benzene rings is 1. The monoisotopic (exact) mass is 256 g/mol. The van der Waals surface area contributed by atoms with Crippen LogP contribution in [0.1, 0.15) is 27.2 Å². The van der Waals surface area contributed by atoms with Crippen molar-refractivity contribution in [3.05, 3.63) is 33.3 Å². The summed E-state index contributed by atoms with van der Waals surface area (Å²) in [5.41, 5.74) is 0.760. The van der Waals surface area contributed by atoms with E-state index in [2.05, 4.69) is 26.1 Å². The molecule has 0 fully saturated rings. The van der Waals surface area contributed by atoms with E-state index < -0.39 is 4.92 Å². The predicted molar refractivity (Wildman–Crippen MR) is 70.6 cm³/mol. The molecule has 0 saturated heterocycles. The first-order chi connectivity index (χ1) is 7.95. The van der Waals surface area contributed by atoms with Crippen molar-refractivity contribution in [1.82, 2.24) is 0 Å². The van der Waals surface area contributed by atoms with Gasteiger partial charge in [0.25, 0.3) is 5.69 Å². The number of nitrogens with one attached hydrogen (secondary N) is 1. The molecule has 1 unspecified atom stereocenters. The number of non-ortho nitro benzene ring substituents is 1. The van der Waals surface area contributed by atoms with Crippen LogP contribution in [-0.2, 0) is 0 Å². The highest BCUT2D eigenvalue weighted by molar-refractivity contribution is 6.33. The molecule has 0 aromatic heterocycles. The molecule has 1 atom stereocenters. The first-order valence-electron chi connectivity index (χ1n) is 5.66. The highest BCUT2D eigenvalue weighted by Crippen LogP contribution is 2.28. The van der Waals surface area contributed by atoms with Crippen LogP contribution in [0.25, 0.3) is 0 Å². The first-order valence-corrected chi connectivity index (χ1v) is 6.04. The molecule has 0 spiro atoms. The number of nitro benzene ring substituents is 1. The summed E-state index contributed by atoms with van der Waals surface area (Å²) in [6, 6.07) is 4.80. The van der Waals surface area contributed by atoms with Crippen molar-refractivity contribution in [2.24, 2.45) is 5.92 Å². The van der Waals surface area contributed by atoms with Crippen molar-refractivity contribution in [2.75, 3.05) is 5.32 Å².